The van der Waals surface area contributed by atoms with Gasteiger partial charge in [-0.3, -0.25) is 0 Å². The summed E-state index contributed by atoms with van der Waals surface area (Å²) in [5.41, 5.74) is 1.58. The minimum absolute atomic E-state index is 0.0480. The minimum atomic E-state index is -0.174. The normalized spacial score (nSPS) is 40.0. The van der Waals surface area contributed by atoms with Crippen molar-refractivity contribution in [3.63, 3.8) is 0 Å². The van der Waals surface area contributed by atoms with Gasteiger partial charge in [0.15, 0.2) is 0 Å². The molecule has 1 aromatic rings. The fourth-order valence-corrected chi connectivity index (χ4v) is 6.18. The molecule has 108 valence electrons. The number of hydrogen-bond acceptors (Lipinski definition) is 0. The quantitative estimate of drug-likeness (QED) is 0.626. The van der Waals surface area contributed by atoms with Gasteiger partial charge >= 0.3 is 0 Å². The first kappa shape index (κ1) is 13.1. The third-order valence-electron chi connectivity index (χ3n) is 6.01. The second kappa shape index (κ2) is 4.73. The minimum Gasteiger partial charge on any atom is -0.207 e. The van der Waals surface area contributed by atoms with Crippen LogP contribution in [0.1, 0.15) is 55.9 Å². The smallest absolute Gasteiger partial charge is 0.123 e. The Labute approximate surface area is 125 Å². The van der Waals surface area contributed by atoms with Gasteiger partial charge in [0.2, 0.25) is 0 Å². The van der Waals surface area contributed by atoms with E-state index in [1.807, 2.05) is 12.1 Å². The van der Waals surface area contributed by atoms with Crippen LogP contribution in [0, 0.1) is 29.0 Å². The zero-order valence-corrected chi connectivity index (χ0v) is 12.6. The number of rotatable bonds is 3. The summed E-state index contributed by atoms with van der Waals surface area (Å²) in [4.78, 5) is 0. The zero-order chi connectivity index (χ0) is 13.7. The highest BCUT2D eigenvalue weighted by atomic mass is 35.5. The molecule has 4 aliphatic carbocycles. The topological polar surface area (TPSA) is 0 Å². The van der Waals surface area contributed by atoms with Crippen LogP contribution in [0.4, 0.5) is 4.39 Å². The van der Waals surface area contributed by atoms with Crippen molar-refractivity contribution < 1.29 is 4.39 Å². The van der Waals surface area contributed by atoms with Crippen LogP contribution in [0.5, 0.6) is 0 Å². The first-order valence-electron chi connectivity index (χ1n) is 8.01. The molecule has 4 bridgehead atoms. The Morgan fingerprint density at radius 1 is 1.00 bits per heavy atom. The molecule has 0 saturated heterocycles. The summed E-state index contributed by atoms with van der Waals surface area (Å²) < 4.78 is 13.0. The predicted molar refractivity (Wildman–Crippen MR) is 80.2 cm³/mol. The van der Waals surface area contributed by atoms with Crippen LogP contribution >= 0.6 is 11.6 Å². The molecule has 0 radical (unpaired) electrons. The lowest BCUT2D eigenvalue weighted by Gasteiger charge is -2.57. The highest BCUT2D eigenvalue weighted by molar-refractivity contribution is 6.20. The van der Waals surface area contributed by atoms with E-state index < -0.39 is 0 Å². The molecule has 5 rings (SSSR count). The van der Waals surface area contributed by atoms with Crippen LogP contribution in [0.15, 0.2) is 24.3 Å². The second-order valence-corrected chi connectivity index (χ2v) is 8.17. The van der Waals surface area contributed by atoms with Crippen LogP contribution in [-0.2, 0) is 0 Å². The van der Waals surface area contributed by atoms with Gasteiger partial charge in [-0.25, -0.2) is 4.39 Å². The van der Waals surface area contributed by atoms with Crippen molar-refractivity contribution >= 4 is 11.6 Å². The average molecular weight is 293 g/mol. The first-order valence-corrected chi connectivity index (χ1v) is 8.45. The van der Waals surface area contributed by atoms with E-state index in [2.05, 4.69) is 0 Å². The van der Waals surface area contributed by atoms with E-state index in [1.165, 1.54) is 50.7 Å². The number of alkyl halides is 1. The van der Waals surface area contributed by atoms with Crippen molar-refractivity contribution in [3.05, 3.63) is 35.6 Å². The van der Waals surface area contributed by atoms with Gasteiger partial charge in [0.05, 0.1) is 5.38 Å². The van der Waals surface area contributed by atoms with Gasteiger partial charge < -0.3 is 0 Å². The maximum atomic E-state index is 13.0. The van der Waals surface area contributed by atoms with Gasteiger partial charge in [0.1, 0.15) is 5.82 Å². The zero-order valence-electron chi connectivity index (χ0n) is 11.8. The van der Waals surface area contributed by atoms with E-state index in [1.54, 1.807) is 0 Å². The molecular weight excluding hydrogens is 271 g/mol. The van der Waals surface area contributed by atoms with Crippen molar-refractivity contribution in [2.24, 2.45) is 23.2 Å². The van der Waals surface area contributed by atoms with Gasteiger partial charge in [-0.15, -0.1) is 11.6 Å². The third-order valence-corrected chi connectivity index (χ3v) is 6.42. The van der Waals surface area contributed by atoms with E-state index in [9.17, 15) is 4.39 Å². The van der Waals surface area contributed by atoms with Crippen LogP contribution in [0.2, 0.25) is 0 Å². The Morgan fingerprint density at radius 2 is 1.50 bits per heavy atom. The molecule has 1 aromatic carbocycles. The first-order chi connectivity index (χ1) is 9.62. The Kier molecular flexibility index (Phi) is 3.10. The summed E-state index contributed by atoms with van der Waals surface area (Å²) in [6, 6.07) is 6.77. The Hall–Kier alpha value is -0.560. The van der Waals surface area contributed by atoms with Gasteiger partial charge in [-0.2, -0.15) is 0 Å². The van der Waals surface area contributed by atoms with Crippen molar-refractivity contribution in [1.82, 2.24) is 0 Å². The molecule has 4 fully saturated rings. The lowest BCUT2D eigenvalue weighted by molar-refractivity contribution is -0.0576. The van der Waals surface area contributed by atoms with Crippen molar-refractivity contribution in [2.45, 2.75) is 50.3 Å². The highest BCUT2D eigenvalue weighted by Gasteiger charge is 2.51. The van der Waals surface area contributed by atoms with Crippen molar-refractivity contribution in [3.8, 4) is 0 Å². The molecule has 0 heterocycles. The Morgan fingerprint density at radius 3 is 2.00 bits per heavy atom. The lowest BCUT2D eigenvalue weighted by atomic mass is 9.48. The Balaban J connectivity index is 1.52. The second-order valence-electron chi connectivity index (χ2n) is 7.64. The van der Waals surface area contributed by atoms with Gasteiger partial charge in [0.25, 0.3) is 0 Å². The van der Waals surface area contributed by atoms with Gasteiger partial charge in [-0.1, -0.05) is 12.1 Å². The molecule has 0 aliphatic heterocycles. The summed E-state index contributed by atoms with van der Waals surface area (Å²) >= 11 is 6.67. The lowest BCUT2D eigenvalue weighted by Crippen LogP contribution is -2.46. The average Bonchev–Trinajstić information content (AvgIpc) is 2.37. The summed E-state index contributed by atoms with van der Waals surface area (Å²) in [5, 5.41) is 0.0480. The molecule has 1 atom stereocenters. The van der Waals surface area contributed by atoms with E-state index in [4.69, 9.17) is 11.6 Å². The van der Waals surface area contributed by atoms with Crippen molar-refractivity contribution in [2.75, 3.05) is 0 Å². The number of benzene rings is 1. The van der Waals surface area contributed by atoms with Gasteiger partial charge in [-0.05, 0) is 85.8 Å². The molecule has 0 nitrogen and oxygen atoms in total. The van der Waals surface area contributed by atoms with Crippen LogP contribution < -0.4 is 0 Å². The molecule has 0 N–H and O–H groups in total. The van der Waals surface area contributed by atoms with Crippen LogP contribution in [0.3, 0.4) is 0 Å². The monoisotopic (exact) mass is 292 g/mol. The van der Waals surface area contributed by atoms with E-state index in [0.717, 1.165) is 29.7 Å². The summed E-state index contributed by atoms with van der Waals surface area (Å²) in [6.07, 6.45) is 9.69. The summed E-state index contributed by atoms with van der Waals surface area (Å²) in [5.74, 6) is 2.74. The van der Waals surface area contributed by atoms with Crippen molar-refractivity contribution in [1.29, 1.82) is 0 Å². The van der Waals surface area contributed by atoms with E-state index >= 15 is 0 Å². The van der Waals surface area contributed by atoms with Gasteiger partial charge in [0, 0.05) is 0 Å². The fraction of sp³-hybridized carbons (Fsp3) is 0.667. The SMILES string of the molecule is Fc1ccc(C(Cl)CC23CC4CC(CC(C4)C2)C3)cc1. The molecular formula is C18H22ClF. The fourth-order valence-electron chi connectivity index (χ4n) is 5.71. The summed E-state index contributed by atoms with van der Waals surface area (Å²) in [6.45, 7) is 0. The molecule has 0 aromatic heterocycles. The number of halogens is 2. The van der Waals surface area contributed by atoms with E-state index in [0.29, 0.717) is 5.41 Å². The molecule has 4 saturated carbocycles. The molecule has 2 heteroatoms. The van der Waals surface area contributed by atoms with E-state index in [-0.39, 0.29) is 11.2 Å². The predicted octanol–water partition coefficient (Wildman–Crippen LogP) is 5.71. The highest BCUT2D eigenvalue weighted by Crippen LogP contribution is 2.62. The molecule has 4 aliphatic rings. The maximum Gasteiger partial charge on any atom is 0.123 e. The third kappa shape index (κ3) is 2.28. The molecule has 0 amide bonds. The largest absolute Gasteiger partial charge is 0.207 e. The maximum absolute atomic E-state index is 13.0. The Bertz CT molecular complexity index is 457. The molecule has 0 spiro atoms. The molecule has 20 heavy (non-hydrogen) atoms. The van der Waals surface area contributed by atoms with Crippen LogP contribution in [0.25, 0.3) is 0 Å². The molecule has 1 unspecified atom stereocenters. The number of hydrogen-bond donors (Lipinski definition) is 0. The standard InChI is InChI=1S/C18H22ClF/c19-17(15-1-3-16(20)4-2-15)11-18-8-12-5-13(9-18)7-14(6-12)10-18/h1-4,12-14,17H,5-11H2. The summed E-state index contributed by atoms with van der Waals surface area (Å²) in [7, 11) is 0. The van der Waals surface area contributed by atoms with Crippen LogP contribution in [-0.4, -0.2) is 0 Å².